The van der Waals surface area contributed by atoms with Crippen LogP contribution in [-0.2, 0) is 0 Å². The highest BCUT2D eigenvalue weighted by Gasteiger charge is 2.19. The highest BCUT2D eigenvalue weighted by molar-refractivity contribution is 9.10. The zero-order valence-electron chi connectivity index (χ0n) is 7.19. The van der Waals surface area contributed by atoms with Crippen LogP contribution in [0.3, 0.4) is 0 Å². The van der Waals surface area contributed by atoms with Crippen LogP contribution in [0.2, 0.25) is 5.15 Å². The fourth-order valence-electron chi connectivity index (χ4n) is 0.990. The highest BCUT2D eigenvalue weighted by atomic mass is 79.9. The molecular weight excluding hydrogens is 271 g/mol. The number of halogens is 2. The Morgan fingerprint density at radius 1 is 1.57 bits per heavy atom. The van der Waals surface area contributed by atoms with Gasteiger partial charge in [0.05, 0.1) is 6.10 Å². The van der Waals surface area contributed by atoms with E-state index in [1.54, 1.807) is 0 Å². The van der Waals surface area contributed by atoms with Crippen molar-refractivity contribution in [3.63, 3.8) is 0 Å². The normalized spacial score (nSPS) is 15.2. The van der Waals surface area contributed by atoms with Gasteiger partial charge in [0.15, 0.2) is 0 Å². The van der Waals surface area contributed by atoms with E-state index in [1.165, 1.54) is 12.3 Å². The summed E-state index contributed by atoms with van der Waals surface area (Å²) < 4.78 is 0.585. The SMILES string of the molecule is NCC(O)C(O)c1cc(Cl)ncc1Br. The Balaban J connectivity index is 2.99. The minimum Gasteiger partial charge on any atom is -0.389 e. The summed E-state index contributed by atoms with van der Waals surface area (Å²) in [6.07, 6.45) is -0.607. The third kappa shape index (κ3) is 2.65. The Bertz CT molecular complexity index is 324. The molecule has 0 bridgehead atoms. The van der Waals surface area contributed by atoms with Crippen LogP contribution in [0.5, 0.6) is 0 Å². The molecule has 0 aliphatic carbocycles. The summed E-state index contributed by atoms with van der Waals surface area (Å²) in [5, 5.41) is 19.2. The second-order valence-corrected chi connectivity index (χ2v) is 4.02. The summed E-state index contributed by atoms with van der Waals surface area (Å²) >= 11 is 8.85. The lowest BCUT2D eigenvalue weighted by molar-refractivity contribution is 0.0238. The maximum Gasteiger partial charge on any atom is 0.129 e. The third-order valence-corrected chi connectivity index (χ3v) is 2.65. The van der Waals surface area contributed by atoms with Crippen LogP contribution in [0.1, 0.15) is 11.7 Å². The van der Waals surface area contributed by atoms with E-state index in [9.17, 15) is 10.2 Å². The Morgan fingerprint density at radius 3 is 2.79 bits per heavy atom. The van der Waals surface area contributed by atoms with Crippen LogP contribution in [0.4, 0.5) is 0 Å². The van der Waals surface area contributed by atoms with E-state index >= 15 is 0 Å². The van der Waals surface area contributed by atoms with Gasteiger partial charge in [-0.2, -0.15) is 0 Å². The van der Waals surface area contributed by atoms with Gasteiger partial charge in [-0.05, 0) is 22.0 Å². The first-order chi connectivity index (χ1) is 6.56. The molecule has 0 aliphatic heterocycles. The molecule has 0 radical (unpaired) electrons. The predicted octanol–water partition coefficient (Wildman–Crippen LogP) is 0.851. The summed E-state index contributed by atoms with van der Waals surface area (Å²) in [5.41, 5.74) is 5.70. The van der Waals surface area contributed by atoms with E-state index in [-0.39, 0.29) is 11.7 Å². The van der Waals surface area contributed by atoms with Crippen molar-refractivity contribution in [3.05, 3.63) is 27.5 Å². The zero-order chi connectivity index (χ0) is 10.7. The molecule has 1 rings (SSSR count). The Labute approximate surface area is 94.8 Å². The van der Waals surface area contributed by atoms with Crippen LogP contribution >= 0.6 is 27.5 Å². The van der Waals surface area contributed by atoms with Gasteiger partial charge >= 0.3 is 0 Å². The molecule has 0 amide bonds. The lowest BCUT2D eigenvalue weighted by atomic mass is 10.1. The molecule has 2 unspecified atom stereocenters. The molecule has 0 aromatic carbocycles. The molecule has 14 heavy (non-hydrogen) atoms. The molecule has 4 N–H and O–H groups in total. The fraction of sp³-hybridized carbons (Fsp3) is 0.375. The number of hydrogen-bond acceptors (Lipinski definition) is 4. The van der Waals surface area contributed by atoms with Gasteiger partial charge in [0.1, 0.15) is 11.3 Å². The number of nitrogens with two attached hydrogens (primary N) is 1. The van der Waals surface area contributed by atoms with Crippen molar-refractivity contribution in [2.24, 2.45) is 5.73 Å². The lowest BCUT2D eigenvalue weighted by Crippen LogP contribution is -2.27. The fourth-order valence-corrected chi connectivity index (χ4v) is 1.61. The van der Waals surface area contributed by atoms with Crippen molar-refractivity contribution in [2.75, 3.05) is 6.54 Å². The number of aliphatic hydroxyl groups is 2. The van der Waals surface area contributed by atoms with Gasteiger partial charge in [0.25, 0.3) is 0 Å². The topological polar surface area (TPSA) is 79.4 Å². The molecule has 0 saturated carbocycles. The van der Waals surface area contributed by atoms with Gasteiger partial charge < -0.3 is 15.9 Å². The minimum absolute atomic E-state index is 0.0203. The average Bonchev–Trinajstić information content (AvgIpc) is 2.19. The van der Waals surface area contributed by atoms with E-state index in [2.05, 4.69) is 20.9 Å². The standard InChI is InChI=1S/C8H10BrClN2O2/c9-5-3-12-7(10)1-4(5)8(14)6(13)2-11/h1,3,6,8,13-14H,2,11H2. The number of aromatic nitrogens is 1. The van der Waals surface area contributed by atoms with Crippen molar-refractivity contribution in [1.82, 2.24) is 4.98 Å². The third-order valence-electron chi connectivity index (χ3n) is 1.78. The number of pyridine rings is 1. The first-order valence-electron chi connectivity index (χ1n) is 3.93. The van der Waals surface area contributed by atoms with Gasteiger partial charge in [-0.1, -0.05) is 11.6 Å². The summed E-state index contributed by atoms with van der Waals surface area (Å²) in [6.45, 7) is -0.0203. The summed E-state index contributed by atoms with van der Waals surface area (Å²) in [6, 6.07) is 1.48. The second-order valence-electron chi connectivity index (χ2n) is 2.78. The lowest BCUT2D eigenvalue weighted by Gasteiger charge is -2.17. The van der Waals surface area contributed by atoms with Crippen LogP contribution in [0.25, 0.3) is 0 Å². The molecule has 0 aliphatic rings. The predicted molar refractivity (Wildman–Crippen MR) is 57.0 cm³/mol. The first-order valence-corrected chi connectivity index (χ1v) is 5.10. The first kappa shape index (κ1) is 11.9. The quantitative estimate of drug-likeness (QED) is 0.718. The van der Waals surface area contributed by atoms with E-state index < -0.39 is 12.2 Å². The highest BCUT2D eigenvalue weighted by Crippen LogP contribution is 2.26. The molecule has 0 saturated heterocycles. The monoisotopic (exact) mass is 280 g/mol. The van der Waals surface area contributed by atoms with E-state index in [4.69, 9.17) is 17.3 Å². The van der Waals surface area contributed by atoms with Gasteiger partial charge in [-0.15, -0.1) is 0 Å². The molecule has 1 heterocycles. The van der Waals surface area contributed by atoms with Crippen molar-refractivity contribution >= 4 is 27.5 Å². The number of nitrogens with zero attached hydrogens (tertiary/aromatic N) is 1. The Kier molecular flexibility index (Phi) is 4.28. The van der Waals surface area contributed by atoms with Gasteiger partial charge in [-0.25, -0.2) is 4.98 Å². The summed E-state index contributed by atoms with van der Waals surface area (Å²) in [7, 11) is 0. The van der Waals surface area contributed by atoms with Crippen molar-refractivity contribution in [2.45, 2.75) is 12.2 Å². The molecule has 6 heteroatoms. The Hall–Kier alpha value is -0.200. The van der Waals surface area contributed by atoms with Crippen LogP contribution in [0.15, 0.2) is 16.7 Å². The van der Waals surface area contributed by atoms with E-state index in [1.807, 2.05) is 0 Å². The van der Waals surface area contributed by atoms with E-state index in [0.717, 1.165) is 0 Å². The molecule has 0 spiro atoms. The van der Waals surface area contributed by atoms with Gasteiger partial charge in [0, 0.05) is 22.8 Å². The molecule has 1 aromatic heterocycles. The number of aliphatic hydroxyl groups excluding tert-OH is 2. The number of rotatable bonds is 3. The van der Waals surface area contributed by atoms with Crippen LogP contribution < -0.4 is 5.73 Å². The average molecular weight is 282 g/mol. The molecule has 1 aromatic rings. The molecule has 2 atom stereocenters. The van der Waals surface area contributed by atoms with Gasteiger partial charge in [0.2, 0.25) is 0 Å². The molecule has 0 fully saturated rings. The second kappa shape index (κ2) is 5.04. The number of hydrogen-bond donors (Lipinski definition) is 3. The smallest absolute Gasteiger partial charge is 0.129 e. The van der Waals surface area contributed by atoms with Crippen molar-refractivity contribution in [3.8, 4) is 0 Å². The van der Waals surface area contributed by atoms with Crippen LogP contribution in [0, 0.1) is 0 Å². The van der Waals surface area contributed by atoms with E-state index in [0.29, 0.717) is 10.0 Å². The van der Waals surface area contributed by atoms with Crippen molar-refractivity contribution < 1.29 is 10.2 Å². The summed E-state index contributed by atoms with van der Waals surface area (Å²) in [4.78, 5) is 3.80. The largest absolute Gasteiger partial charge is 0.389 e. The van der Waals surface area contributed by atoms with Gasteiger partial charge in [-0.3, -0.25) is 0 Å². The minimum atomic E-state index is -1.06. The summed E-state index contributed by atoms with van der Waals surface area (Å²) in [5.74, 6) is 0. The van der Waals surface area contributed by atoms with Crippen molar-refractivity contribution in [1.29, 1.82) is 0 Å². The maximum absolute atomic E-state index is 9.65. The maximum atomic E-state index is 9.65. The molecular formula is C8H10BrClN2O2. The molecule has 4 nitrogen and oxygen atoms in total. The Morgan fingerprint density at radius 2 is 2.21 bits per heavy atom. The zero-order valence-corrected chi connectivity index (χ0v) is 9.53. The van der Waals surface area contributed by atoms with Crippen LogP contribution in [-0.4, -0.2) is 27.8 Å². The molecule has 78 valence electrons.